The van der Waals surface area contributed by atoms with E-state index in [2.05, 4.69) is 13.8 Å². The Hall–Kier alpha value is -0.180. The van der Waals surface area contributed by atoms with Crippen molar-refractivity contribution < 1.29 is 13.9 Å². The summed E-state index contributed by atoms with van der Waals surface area (Å²) < 4.78 is 26.3. The van der Waals surface area contributed by atoms with Crippen LogP contribution in [-0.2, 0) is 0 Å². The highest BCUT2D eigenvalue weighted by Gasteiger charge is 2.45. The summed E-state index contributed by atoms with van der Waals surface area (Å²) in [5, 5.41) is 10.6. The summed E-state index contributed by atoms with van der Waals surface area (Å²) in [5.74, 6) is -1.55. The van der Waals surface area contributed by atoms with Gasteiger partial charge in [-0.15, -0.1) is 0 Å². The normalized spacial score (nSPS) is 46.1. The Morgan fingerprint density at radius 2 is 1.88 bits per heavy atom. The maximum atomic E-state index is 13.2. The van der Waals surface area contributed by atoms with Gasteiger partial charge in [-0.3, -0.25) is 0 Å². The molecular weight excluding hydrogens is 222 g/mol. The fourth-order valence-electron chi connectivity index (χ4n) is 3.70. The van der Waals surface area contributed by atoms with Gasteiger partial charge in [-0.1, -0.05) is 13.8 Å². The van der Waals surface area contributed by atoms with Crippen molar-refractivity contribution in [2.75, 3.05) is 0 Å². The van der Waals surface area contributed by atoms with Crippen LogP contribution >= 0.6 is 0 Å². The molecule has 17 heavy (non-hydrogen) atoms. The van der Waals surface area contributed by atoms with E-state index in [1.54, 1.807) is 0 Å². The summed E-state index contributed by atoms with van der Waals surface area (Å²) in [6.45, 7) is 4.28. The second kappa shape index (κ2) is 4.49. The average Bonchev–Trinajstić information content (AvgIpc) is 2.53. The molecule has 0 heterocycles. The molecule has 0 saturated heterocycles. The van der Waals surface area contributed by atoms with E-state index in [4.69, 9.17) is 0 Å². The van der Waals surface area contributed by atoms with E-state index < -0.39 is 11.5 Å². The minimum atomic E-state index is -2.48. The molecule has 3 heteroatoms. The van der Waals surface area contributed by atoms with E-state index in [9.17, 15) is 13.9 Å². The quantitative estimate of drug-likeness (QED) is 0.780. The second-order valence-corrected chi connectivity index (χ2v) is 6.55. The van der Waals surface area contributed by atoms with Gasteiger partial charge in [0.2, 0.25) is 5.92 Å². The number of aliphatic hydroxyl groups is 1. The van der Waals surface area contributed by atoms with Crippen LogP contribution in [0, 0.1) is 17.8 Å². The number of hydrogen-bond donors (Lipinski definition) is 1. The van der Waals surface area contributed by atoms with Gasteiger partial charge in [0.25, 0.3) is 0 Å². The molecule has 4 unspecified atom stereocenters. The van der Waals surface area contributed by atoms with E-state index >= 15 is 0 Å². The van der Waals surface area contributed by atoms with Crippen LogP contribution in [0.15, 0.2) is 0 Å². The van der Waals surface area contributed by atoms with Crippen LogP contribution in [-0.4, -0.2) is 16.6 Å². The highest BCUT2D eigenvalue weighted by atomic mass is 19.3. The van der Waals surface area contributed by atoms with Gasteiger partial charge in [0.05, 0.1) is 5.60 Å². The Morgan fingerprint density at radius 3 is 2.41 bits per heavy atom. The Balaban J connectivity index is 1.94. The van der Waals surface area contributed by atoms with E-state index in [-0.39, 0.29) is 24.7 Å². The third-order valence-electron chi connectivity index (χ3n) is 4.89. The molecule has 2 saturated carbocycles. The number of hydrogen-bond acceptors (Lipinski definition) is 1. The predicted molar refractivity (Wildman–Crippen MR) is 64.0 cm³/mol. The van der Waals surface area contributed by atoms with Gasteiger partial charge in [-0.05, 0) is 49.9 Å². The van der Waals surface area contributed by atoms with Crippen molar-refractivity contribution in [2.45, 2.75) is 70.3 Å². The van der Waals surface area contributed by atoms with Crippen molar-refractivity contribution in [3.05, 3.63) is 0 Å². The van der Waals surface area contributed by atoms with Crippen molar-refractivity contribution in [3.8, 4) is 0 Å². The fourth-order valence-corrected chi connectivity index (χ4v) is 3.70. The third-order valence-corrected chi connectivity index (χ3v) is 4.89. The zero-order valence-electron chi connectivity index (χ0n) is 10.9. The van der Waals surface area contributed by atoms with Crippen molar-refractivity contribution in [1.29, 1.82) is 0 Å². The molecule has 0 aromatic carbocycles. The van der Waals surface area contributed by atoms with E-state index in [1.807, 2.05) is 0 Å². The first-order valence-corrected chi connectivity index (χ1v) is 6.91. The topological polar surface area (TPSA) is 20.2 Å². The third kappa shape index (κ3) is 2.98. The molecule has 0 aromatic rings. The first-order valence-electron chi connectivity index (χ1n) is 6.91. The molecule has 2 fully saturated rings. The summed E-state index contributed by atoms with van der Waals surface area (Å²) in [5.41, 5.74) is -0.683. The lowest BCUT2D eigenvalue weighted by Crippen LogP contribution is -2.42. The Morgan fingerprint density at radius 1 is 1.18 bits per heavy atom. The molecule has 0 aromatic heterocycles. The van der Waals surface area contributed by atoms with Crippen molar-refractivity contribution in [1.82, 2.24) is 0 Å². The molecule has 100 valence electrons. The fraction of sp³-hybridized carbons (Fsp3) is 1.00. The molecule has 2 aliphatic rings. The van der Waals surface area contributed by atoms with Crippen LogP contribution in [0.3, 0.4) is 0 Å². The number of halogens is 2. The molecule has 0 aliphatic heterocycles. The van der Waals surface area contributed by atoms with Crippen LogP contribution in [0.1, 0.15) is 58.8 Å². The zero-order chi connectivity index (χ0) is 12.7. The average molecular weight is 246 g/mol. The Bertz CT molecular complexity index is 279. The molecule has 2 rings (SSSR count). The number of alkyl halides is 2. The van der Waals surface area contributed by atoms with Gasteiger partial charge in [-0.2, -0.15) is 0 Å². The van der Waals surface area contributed by atoms with Gasteiger partial charge < -0.3 is 5.11 Å². The van der Waals surface area contributed by atoms with Crippen LogP contribution in [0.25, 0.3) is 0 Å². The standard InChI is InChI=1S/C14H24F2O/c1-10-3-5-13(17,11(2)7-10)8-12-4-6-14(15,16)9-12/h10-12,17H,3-9H2,1-2H3. The summed E-state index contributed by atoms with van der Waals surface area (Å²) in [4.78, 5) is 0. The van der Waals surface area contributed by atoms with Crippen LogP contribution in [0.5, 0.6) is 0 Å². The highest BCUT2D eigenvalue weighted by Crippen LogP contribution is 2.47. The Kier molecular flexibility index (Phi) is 3.50. The van der Waals surface area contributed by atoms with E-state index in [0.717, 1.165) is 19.3 Å². The van der Waals surface area contributed by atoms with Crippen molar-refractivity contribution in [2.24, 2.45) is 17.8 Å². The minimum absolute atomic E-state index is 0.0124. The van der Waals surface area contributed by atoms with Gasteiger partial charge >= 0.3 is 0 Å². The van der Waals surface area contributed by atoms with E-state index in [1.165, 1.54) is 0 Å². The van der Waals surface area contributed by atoms with Crippen molar-refractivity contribution >= 4 is 0 Å². The first kappa shape index (κ1) is 13.3. The molecule has 2 aliphatic carbocycles. The van der Waals surface area contributed by atoms with Gasteiger partial charge in [0, 0.05) is 12.8 Å². The second-order valence-electron chi connectivity index (χ2n) is 6.55. The maximum absolute atomic E-state index is 13.2. The van der Waals surface area contributed by atoms with Crippen molar-refractivity contribution in [3.63, 3.8) is 0 Å². The monoisotopic (exact) mass is 246 g/mol. The lowest BCUT2D eigenvalue weighted by molar-refractivity contribution is -0.0733. The van der Waals surface area contributed by atoms with Gasteiger partial charge in [0.1, 0.15) is 0 Å². The maximum Gasteiger partial charge on any atom is 0.248 e. The van der Waals surface area contributed by atoms with E-state index in [0.29, 0.717) is 18.8 Å². The molecule has 0 bridgehead atoms. The summed E-state index contributed by atoms with van der Waals surface area (Å²) in [6.07, 6.45) is 4.01. The molecular formula is C14H24F2O. The summed E-state index contributed by atoms with van der Waals surface area (Å²) in [7, 11) is 0. The molecule has 0 amide bonds. The molecule has 0 radical (unpaired) electrons. The molecule has 1 nitrogen and oxygen atoms in total. The predicted octanol–water partition coefficient (Wildman–Crippen LogP) is 4.00. The number of rotatable bonds is 2. The lowest BCUT2D eigenvalue weighted by atomic mass is 9.68. The minimum Gasteiger partial charge on any atom is -0.390 e. The lowest BCUT2D eigenvalue weighted by Gasteiger charge is -2.42. The van der Waals surface area contributed by atoms with Gasteiger partial charge in [0.15, 0.2) is 0 Å². The summed E-state index contributed by atoms with van der Waals surface area (Å²) in [6, 6.07) is 0. The molecule has 0 spiro atoms. The molecule has 4 atom stereocenters. The zero-order valence-corrected chi connectivity index (χ0v) is 10.9. The smallest absolute Gasteiger partial charge is 0.248 e. The van der Waals surface area contributed by atoms with Crippen LogP contribution < -0.4 is 0 Å². The summed E-state index contributed by atoms with van der Waals surface area (Å²) >= 11 is 0. The molecule has 1 N–H and O–H groups in total. The Labute approximate surface area is 103 Å². The van der Waals surface area contributed by atoms with Gasteiger partial charge in [-0.25, -0.2) is 8.78 Å². The highest BCUT2D eigenvalue weighted by molar-refractivity contribution is 4.94. The SMILES string of the molecule is CC1CCC(O)(CC2CCC(F)(F)C2)C(C)C1. The largest absolute Gasteiger partial charge is 0.390 e. The van der Waals surface area contributed by atoms with Crippen LogP contribution in [0.4, 0.5) is 8.78 Å². The van der Waals surface area contributed by atoms with Crippen LogP contribution in [0.2, 0.25) is 0 Å². The first-order chi connectivity index (χ1) is 7.81.